The fraction of sp³-hybridized carbons (Fsp3) is 0.364. The average molecular weight is 405 g/mol. The molecule has 0 saturated carbocycles. The van der Waals surface area contributed by atoms with Gasteiger partial charge in [-0.1, -0.05) is 35.9 Å². The van der Waals surface area contributed by atoms with E-state index < -0.39 is 11.6 Å². The zero-order valence-corrected chi connectivity index (χ0v) is 17.4. The first-order valence-electron chi connectivity index (χ1n) is 9.15. The van der Waals surface area contributed by atoms with Gasteiger partial charge in [-0.05, 0) is 63.1 Å². The number of hydrogen-bond donors (Lipinski definition) is 1. The molecule has 1 atom stereocenters. The third-order valence-corrected chi connectivity index (χ3v) is 4.41. The van der Waals surface area contributed by atoms with Crippen molar-refractivity contribution in [3.63, 3.8) is 0 Å². The Labute approximate surface area is 170 Å². The standard InChI is InChI=1S/C22H26ClFN2O2/c1-15(21(28)25-22(2,3)4)26(14-16-8-10-19(24)11-9-16)20(27)13-17-6-5-7-18(23)12-17/h5-12,15H,13-14H2,1-4H3,(H,25,28)/t15-/m1/s1. The van der Waals surface area contributed by atoms with Crippen LogP contribution in [0.2, 0.25) is 5.02 Å². The van der Waals surface area contributed by atoms with Crippen LogP contribution in [0.3, 0.4) is 0 Å². The summed E-state index contributed by atoms with van der Waals surface area (Å²) in [6.45, 7) is 7.56. The second kappa shape index (κ2) is 9.20. The molecule has 4 nitrogen and oxygen atoms in total. The van der Waals surface area contributed by atoms with Crippen molar-refractivity contribution in [3.8, 4) is 0 Å². The summed E-state index contributed by atoms with van der Waals surface area (Å²) in [6.07, 6.45) is 0.120. The quantitative estimate of drug-likeness (QED) is 0.777. The highest BCUT2D eigenvalue weighted by Crippen LogP contribution is 2.16. The van der Waals surface area contributed by atoms with Gasteiger partial charge in [-0.15, -0.1) is 0 Å². The normalized spacial score (nSPS) is 12.4. The van der Waals surface area contributed by atoms with E-state index in [0.717, 1.165) is 11.1 Å². The Hall–Kier alpha value is -2.40. The van der Waals surface area contributed by atoms with Gasteiger partial charge < -0.3 is 10.2 Å². The highest BCUT2D eigenvalue weighted by molar-refractivity contribution is 6.30. The number of carbonyl (C=O) groups is 2. The lowest BCUT2D eigenvalue weighted by Gasteiger charge is -2.31. The third-order valence-electron chi connectivity index (χ3n) is 4.18. The fourth-order valence-corrected chi connectivity index (χ4v) is 2.98. The van der Waals surface area contributed by atoms with E-state index in [0.29, 0.717) is 5.02 Å². The van der Waals surface area contributed by atoms with Crippen LogP contribution >= 0.6 is 11.6 Å². The minimum absolute atomic E-state index is 0.120. The van der Waals surface area contributed by atoms with Gasteiger partial charge in [-0.2, -0.15) is 0 Å². The maximum absolute atomic E-state index is 13.2. The molecule has 2 rings (SSSR count). The van der Waals surface area contributed by atoms with Crippen LogP contribution in [0.1, 0.15) is 38.8 Å². The third kappa shape index (κ3) is 6.64. The molecule has 1 N–H and O–H groups in total. The molecule has 0 aliphatic rings. The summed E-state index contributed by atoms with van der Waals surface area (Å²) in [7, 11) is 0. The monoisotopic (exact) mass is 404 g/mol. The smallest absolute Gasteiger partial charge is 0.242 e. The molecule has 0 spiro atoms. The minimum Gasteiger partial charge on any atom is -0.350 e. The fourth-order valence-electron chi connectivity index (χ4n) is 2.77. The van der Waals surface area contributed by atoms with Crippen LogP contribution in [0.4, 0.5) is 4.39 Å². The van der Waals surface area contributed by atoms with Crippen LogP contribution in [0.25, 0.3) is 0 Å². The van der Waals surface area contributed by atoms with Crippen LogP contribution in [0.5, 0.6) is 0 Å². The lowest BCUT2D eigenvalue weighted by molar-refractivity contribution is -0.140. The van der Waals surface area contributed by atoms with Gasteiger partial charge in [0.1, 0.15) is 11.9 Å². The van der Waals surface area contributed by atoms with Crippen molar-refractivity contribution < 1.29 is 14.0 Å². The van der Waals surface area contributed by atoms with Crippen molar-refractivity contribution in [2.24, 2.45) is 0 Å². The molecule has 2 aromatic rings. The molecule has 0 aromatic heterocycles. The lowest BCUT2D eigenvalue weighted by atomic mass is 10.1. The molecule has 150 valence electrons. The average Bonchev–Trinajstić information content (AvgIpc) is 2.59. The number of benzene rings is 2. The van der Waals surface area contributed by atoms with Gasteiger partial charge in [0, 0.05) is 17.1 Å². The number of rotatable bonds is 6. The molecule has 0 unspecified atom stereocenters. The summed E-state index contributed by atoms with van der Waals surface area (Å²) < 4.78 is 13.2. The molecule has 2 amide bonds. The molecular formula is C22H26ClFN2O2. The molecule has 0 aliphatic carbocycles. The molecule has 0 bridgehead atoms. The first-order valence-corrected chi connectivity index (χ1v) is 9.53. The van der Waals surface area contributed by atoms with Crippen molar-refractivity contribution >= 4 is 23.4 Å². The predicted octanol–water partition coefficient (Wildman–Crippen LogP) is 4.35. The zero-order chi connectivity index (χ0) is 20.9. The van der Waals surface area contributed by atoms with Crippen LogP contribution in [0.15, 0.2) is 48.5 Å². The van der Waals surface area contributed by atoms with E-state index in [1.165, 1.54) is 17.0 Å². The summed E-state index contributed by atoms with van der Waals surface area (Å²) in [5.41, 5.74) is 1.10. The van der Waals surface area contributed by atoms with Gasteiger partial charge in [-0.3, -0.25) is 9.59 Å². The Bertz CT molecular complexity index is 831. The number of carbonyl (C=O) groups excluding carboxylic acids is 2. The minimum atomic E-state index is -0.684. The van der Waals surface area contributed by atoms with E-state index in [9.17, 15) is 14.0 Å². The molecule has 2 aromatic carbocycles. The number of amides is 2. The maximum atomic E-state index is 13.2. The Morgan fingerprint density at radius 1 is 1.11 bits per heavy atom. The molecule has 0 heterocycles. The van der Waals surface area contributed by atoms with Gasteiger partial charge in [-0.25, -0.2) is 4.39 Å². The molecule has 0 radical (unpaired) electrons. The number of halogens is 2. The van der Waals surface area contributed by atoms with Gasteiger partial charge in [0.05, 0.1) is 6.42 Å². The largest absolute Gasteiger partial charge is 0.350 e. The van der Waals surface area contributed by atoms with E-state index in [4.69, 9.17) is 11.6 Å². The van der Waals surface area contributed by atoms with Crippen LogP contribution in [-0.4, -0.2) is 28.3 Å². The maximum Gasteiger partial charge on any atom is 0.242 e. The van der Waals surface area contributed by atoms with E-state index in [2.05, 4.69) is 5.32 Å². The van der Waals surface area contributed by atoms with Crippen molar-refractivity contribution in [3.05, 3.63) is 70.5 Å². The molecule has 0 saturated heterocycles. The summed E-state index contributed by atoms with van der Waals surface area (Å²) in [5.74, 6) is -0.795. The number of hydrogen-bond acceptors (Lipinski definition) is 2. The molecular weight excluding hydrogens is 379 g/mol. The van der Waals surface area contributed by atoms with Gasteiger partial charge in [0.2, 0.25) is 11.8 Å². The molecule has 6 heteroatoms. The van der Waals surface area contributed by atoms with Gasteiger partial charge in [0.25, 0.3) is 0 Å². The second-order valence-electron chi connectivity index (χ2n) is 7.87. The van der Waals surface area contributed by atoms with Crippen LogP contribution in [0, 0.1) is 5.82 Å². The second-order valence-corrected chi connectivity index (χ2v) is 8.31. The summed E-state index contributed by atoms with van der Waals surface area (Å²) in [4.78, 5) is 27.2. The Morgan fingerprint density at radius 3 is 2.32 bits per heavy atom. The summed E-state index contributed by atoms with van der Waals surface area (Å²) >= 11 is 6.01. The SMILES string of the molecule is C[C@H](C(=O)NC(C)(C)C)N(Cc1ccc(F)cc1)C(=O)Cc1cccc(Cl)c1. The Morgan fingerprint density at radius 2 is 1.75 bits per heavy atom. The number of nitrogens with zero attached hydrogens (tertiary/aromatic N) is 1. The Balaban J connectivity index is 2.24. The van der Waals surface area contributed by atoms with E-state index in [1.54, 1.807) is 37.3 Å². The highest BCUT2D eigenvalue weighted by atomic mass is 35.5. The molecule has 28 heavy (non-hydrogen) atoms. The topological polar surface area (TPSA) is 49.4 Å². The summed E-state index contributed by atoms with van der Waals surface area (Å²) in [5, 5.41) is 3.46. The van der Waals surface area contributed by atoms with Crippen molar-refractivity contribution in [2.45, 2.75) is 52.2 Å². The highest BCUT2D eigenvalue weighted by Gasteiger charge is 2.28. The van der Waals surface area contributed by atoms with E-state index >= 15 is 0 Å². The zero-order valence-electron chi connectivity index (χ0n) is 16.6. The van der Waals surface area contributed by atoms with Gasteiger partial charge in [0.15, 0.2) is 0 Å². The first-order chi connectivity index (χ1) is 13.0. The van der Waals surface area contributed by atoms with E-state index in [-0.39, 0.29) is 30.6 Å². The van der Waals surface area contributed by atoms with Crippen molar-refractivity contribution in [2.75, 3.05) is 0 Å². The number of nitrogens with one attached hydrogen (secondary N) is 1. The van der Waals surface area contributed by atoms with Gasteiger partial charge >= 0.3 is 0 Å². The summed E-state index contributed by atoms with van der Waals surface area (Å²) in [6, 6.07) is 12.3. The van der Waals surface area contributed by atoms with E-state index in [1.807, 2.05) is 26.8 Å². The molecule has 0 aliphatic heterocycles. The van der Waals surface area contributed by atoms with Crippen molar-refractivity contribution in [1.82, 2.24) is 10.2 Å². The predicted molar refractivity (Wildman–Crippen MR) is 109 cm³/mol. The van der Waals surface area contributed by atoms with Crippen molar-refractivity contribution in [1.29, 1.82) is 0 Å². The first kappa shape index (κ1) is 21.9. The molecule has 0 fully saturated rings. The lowest BCUT2D eigenvalue weighted by Crippen LogP contribution is -2.52. The van der Waals surface area contributed by atoms with Crippen LogP contribution in [-0.2, 0) is 22.6 Å². The Kier molecular flexibility index (Phi) is 7.19. The van der Waals surface area contributed by atoms with Crippen LogP contribution < -0.4 is 5.32 Å².